The molecule has 0 spiro atoms. The van der Waals surface area contributed by atoms with Crippen molar-refractivity contribution in [3.05, 3.63) is 35.1 Å². The third-order valence-corrected chi connectivity index (χ3v) is 3.26. The van der Waals surface area contributed by atoms with Gasteiger partial charge in [-0.3, -0.25) is 0 Å². The minimum absolute atomic E-state index is 0.00616. The Balaban J connectivity index is 2.18. The molecule has 4 nitrogen and oxygen atoms in total. The van der Waals surface area contributed by atoms with Crippen LogP contribution in [0.25, 0.3) is 0 Å². The Labute approximate surface area is 127 Å². The van der Waals surface area contributed by atoms with Crippen LogP contribution in [0.3, 0.4) is 0 Å². The summed E-state index contributed by atoms with van der Waals surface area (Å²) in [5.41, 5.74) is -1.06. The second-order valence-corrected chi connectivity index (χ2v) is 6.19. The van der Waals surface area contributed by atoms with Crippen molar-refractivity contribution >= 4 is 6.09 Å². The molecule has 1 aliphatic rings. The molecule has 122 valence electrons. The molecular formula is C15H19F3N2O2. The smallest absolute Gasteiger partial charge is 0.410 e. The van der Waals surface area contributed by atoms with Crippen LogP contribution >= 0.6 is 0 Å². The first-order valence-electron chi connectivity index (χ1n) is 7.04. The zero-order valence-corrected chi connectivity index (χ0v) is 12.8. The Morgan fingerprint density at radius 2 is 1.91 bits per heavy atom. The van der Waals surface area contributed by atoms with Gasteiger partial charge in [-0.2, -0.15) is 0 Å². The summed E-state index contributed by atoms with van der Waals surface area (Å²) in [6, 6.07) is 0.793. The lowest BCUT2D eigenvalue weighted by molar-refractivity contribution is 0.0192. The van der Waals surface area contributed by atoms with Gasteiger partial charge in [0.15, 0.2) is 11.6 Å². The first-order valence-corrected chi connectivity index (χ1v) is 7.04. The average molecular weight is 316 g/mol. The van der Waals surface area contributed by atoms with Gasteiger partial charge in [-0.25, -0.2) is 18.0 Å². The molecule has 22 heavy (non-hydrogen) atoms. The summed E-state index contributed by atoms with van der Waals surface area (Å²) in [6.45, 7) is 5.89. The molecule has 7 heteroatoms. The highest BCUT2D eigenvalue weighted by Gasteiger charge is 2.31. The molecule has 1 aliphatic heterocycles. The molecule has 1 fully saturated rings. The zero-order chi connectivity index (χ0) is 16.5. The summed E-state index contributed by atoms with van der Waals surface area (Å²) in [6.07, 6.45) is -0.559. The monoisotopic (exact) mass is 316 g/mol. The minimum Gasteiger partial charge on any atom is -0.444 e. The summed E-state index contributed by atoms with van der Waals surface area (Å²) < 4.78 is 46.3. The van der Waals surface area contributed by atoms with E-state index in [9.17, 15) is 18.0 Å². The number of nitrogens with one attached hydrogen (secondary N) is 1. The molecule has 0 saturated carbocycles. The zero-order valence-electron chi connectivity index (χ0n) is 12.8. The maximum absolute atomic E-state index is 13.9. The number of hydrogen-bond acceptors (Lipinski definition) is 3. The second kappa shape index (κ2) is 6.16. The number of piperazine rings is 1. The first kappa shape index (κ1) is 16.6. The molecule has 0 aliphatic carbocycles. The fourth-order valence-corrected chi connectivity index (χ4v) is 2.30. The number of halogens is 3. The molecule has 1 aromatic rings. The summed E-state index contributed by atoms with van der Waals surface area (Å²) in [5.74, 6) is -3.20. The molecule has 0 radical (unpaired) electrons. The van der Waals surface area contributed by atoms with Crippen LogP contribution in [-0.2, 0) is 4.74 Å². The molecule has 1 heterocycles. The van der Waals surface area contributed by atoms with Crippen molar-refractivity contribution in [3.63, 3.8) is 0 Å². The summed E-state index contributed by atoms with van der Waals surface area (Å²) in [4.78, 5) is 13.4. The van der Waals surface area contributed by atoms with Crippen molar-refractivity contribution in [2.24, 2.45) is 0 Å². The third kappa shape index (κ3) is 3.71. The van der Waals surface area contributed by atoms with E-state index in [2.05, 4.69) is 5.32 Å². The van der Waals surface area contributed by atoms with Crippen molar-refractivity contribution in [1.29, 1.82) is 0 Å². The highest BCUT2D eigenvalue weighted by Crippen LogP contribution is 2.26. The number of hydrogen-bond donors (Lipinski definition) is 1. The average Bonchev–Trinajstić information content (AvgIpc) is 2.42. The van der Waals surface area contributed by atoms with Crippen LogP contribution in [0.2, 0.25) is 0 Å². The van der Waals surface area contributed by atoms with Gasteiger partial charge in [0.2, 0.25) is 0 Å². The van der Waals surface area contributed by atoms with Crippen LogP contribution in [-0.4, -0.2) is 36.2 Å². The number of nitrogens with zero attached hydrogens (tertiary/aromatic N) is 1. The van der Waals surface area contributed by atoms with Crippen molar-refractivity contribution in [2.45, 2.75) is 32.4 Å². The van der Waals surface area contributed by atoms with Crippen LogP contribution in [0.15, 0.2) is 12.1 Å². The Morgan fingerprint density at radius 1 is 1.27 bits per heavy atom. The highest BCUT2D eigenvalue weighted by atomic mass is 19.2. The van der Waals surface area contributed by atoms with Gasteiger partial charge in [-0.05, 0) is 32.9 Å². The van der Waals surface area contributed by atoms with E-state index in [-0.39, 0.29) is 6.54 Å². The molecular weight excluding hydrogens is 297 g/mol. The largest absolute Gasteiger partial charge is 0.444 e. The predicted octanol–water partition coefficient (Wildman–Crippen LogP) is 2.99. The van der Waals surface area contributed by atoms with Gasteiger partial charge in [0.05, 0.1) is 6.04 Å². The van der Waals surface area contributed by atoms with E-state index in [1.165, 1.54) is 4.90 Å². The van der Waals surface area contributed by atoms with E-state index >= 15 is 0 Å². The SMILES string of the molecule is CC(C)(C)OC(=O)N1CCNC(c2c(F)ccc(F)c2F)C1. The van der Waals surface area contributed by atoms with Gasteiger partial charge in [0.1, 0.15) is 11.4 Å². The molecule has 0 aromatic heterocycles. The number of carbonyl (C=O) groups excluding carboxylic acids is 1. The van der Waals surface area contributed by atoms with Gasteiger partial charge in [-0.15, -0.1) is 0 Å². The number of ether oxygens (including phenoxy) is 1. The lowest BCUT2D eigenvalue weighted by atomic mass is 10.0. The van der Waals surface area contributed by atoms with Gasteiger partial charge in [0, 0.05) is 25.2 Å². The lowest BCUT2D eigenvalue weighted by Gasteiger charge is -2.35. The standard InChI is InChI=1S/C15H19F3N2O2/c1-15(2,3)22-14(21)20-7-6-19-11(8-20)12-9(16)4-5-10(17)13(12)18/h4-5,11,19H,6-8H2,1-3H3. The fourth-order valence-electron chi connectivity index (χ4n) is 2.30. The molecule has 1 unspecified atom stereocenters. The van der Waals surface area contributed by atoms with E-state index in [0.29, 0.717) is 13.1 Å². The minimum atomic E-state index is -1.23. The van der Waals surface area contributed by atoms with Crippen LogP contribution < -0.4 is 5.32 Å². The normalized spacial score (nSPS) is 19.2. The maximum atomic E-state index is 13.9. The molecule has 1 saturated heterocycles. The van der Waals surface area contributed by atoms with Gasteiger partial charge in [0.25, 0.3) is 0 Å². The van der Waals surface area contributed by atoms with Crippen LogP contribution in [0.4, 0.5) is 18.0 Å². The Morgan fingerprint density at radius 3 is 2.55 bits per heavy atom. The molecule has 1 amide bonds. The molecule has 1 N–H and O–H groups in total. The van der Waals surface area contributed by atoms with E-state index in [1.54, 1.807) is 20.8 Å². The Bertz CT molecular complexity index is 573. The molecule has 1 aromatic carbocycles. The second-order valence-electron chi connectivity index (χ2n) is 6.19. The Hall–Kier alpha value is -1.76. The first-order chi connectivity index (χ1) is 10.2. The number of benzene rings is 1. The highest BCUT2D eigenvalue weighted by molar-refractivity contribution is 5.68. The topological polar surface area (TPSA) is 41.6 Å². The number of amides is 1. The van der Waals surface area contributed by atoms with Crippen LogP contribution in [0.5, 0.6) is 0 Å². The van der Waals surface area contributed by atoms with Crippen molar-refractivity contribution < 1.29 is 22.7 Å². The van der Waals surface area contributed by atoms with E-state index in [1.807, 2.05) is 0 Å². The summed E-state index contributed by atoms with van der Waals surface area (Å²) in [7, 11) is 0. The third-order valence-electron chi connectivity index (χ3n) is 3.26. The fraction of sp³-hybridized carbons (Fsp3) is 0.533. The van der Waals surface area contributed by atoms with Crippen molar-refractivity contribution in [2.75, 3.05) is 19.6 Å². The summed E-state index contributed by atoms with van der Waals surface area (Å²) >= 11 is 0. The molecule has 2 rings (SSSR count). The lowest BCUT2D eigenvalue weighted by Crippen LogP contribution is -2.50. The quantitative estimate of drug-likeness (QED) is 0.810. The van der Waals surface area contributed by atoms with E-state index in [0.717, 1.165) is 12.1 Å². The Kier molecular flexibility index (Phi) is 4.65. The van der Waals surface area contributed by atoms with Gasteiger partial charge in [-0.1, -0.05) is 0 Å². The predicted molar refractivity (Wildman–Crippen MR) is 74.9 cm³/mol. The van der Waals surface area contributed by atoms with Crippen molar-refractivity contribution in [1.82, 2.24) is 10.2 Å². The van der Waals surface area contributed by atoms with Gasteiger partial charge < -0.3 is 15.0 Å². The molecule has 0 bridgehead atoms. The van der Waals surface area contributed by atoms with Crippen LogP contribution in [0.1, 0.15) is 32.4 Å². The summed E-state index contributed by atoms with van der Waals surface area (Å²) in [5, 5.41) is 2.90. The van der Waals surface area contributed by atoms with Crippen LogP contribution in [0, 0.1) is 17.5 Å². The number of carbonyl (C=O) groups is 1. The van der Waals surface area contributed by atoms with E-state index < -0.39 is 40.8 Å². The number of rotatable bonds is 1. The van der Waals surface area contributed by atoms with Gasteiger partial charge >= 0.3 is 6.09 Å². The van der Waals surface area contributed by atoms with E-state index in [4.69, 9.17) is 4.74 Å². The molecule has 1 atom stereocenters. The van der Waals surface area contributed by atoms with Crippen molar-refractivity contribution in [3.8, 4) is 0 Å². The maximum Gasteiger partial charge on any atom is 0.410 e.